The van der Waals surface area contributed by atoms with E-state index in [1.165, 1.54) is 6.92 Å². The van der Waals surface area contributed by atoms with E-state index in [9.17, 15) is 23.3 Å². The van der Waals surface area contributed by atoms with Crippen molar-refractivity contribution in [1.29, 1.82) is 0 Å². The van der Waals surface area contributed by atoms with Crippen LogP contribution < -0.4 is 4.74 Å². The molecule has 0 N–H and O–H groups in total. The Balaban J connectivity index is 1.68. The Morgan fingerprint density at radius 1 is 1.08 bits per heavy atom. The number of halogens is 3. The van der Waals surface area contributed by atoms with E-state index in [4.69, 9.17) is 4.74 Å². The lowest BCUT2D eigenvalue weighted by molar-refractivity contribution is -0.524. The Morgan fingerprint density at radius 2 is 1.69 bits per heavy atom. The zero-order valence-corrected chi connectivity index (χ0v) is 14.3. The van der Waals surface area contributed by atoms with Gasteiger partial charge in [0.1, 0.15) is 5.75 Å². The molecule has 0 heterocycles. The number of hydrogen-bond donors (Lipinski definition) is 0. The van der Waals surface area contributed by atoms with Crippen LogP contribution in [0.5, 0.6) is 5.75 Å². The Hall–Kier alpha value is -2.31. The van der Waals surface area contributed by atoms with Gasteiger partial charge in [-0.3, -0.25) is 10.1 Å². The maximum Gasteiger partial charge on any atom is 0.391 e. The van der Waals surface area contributed by atoms with Crippen molar-refractivity contribution in [2.24, 2.45) is 5.92 Å². The van der Waals surface area contributed by atoms with E-state index in [-0.39, 0.29) is 23.9 Å². The maximum absolute atomic E-state index is 12.7. The van der Waals surface area contributed by atoms with Crippen molar-refractivity contribution in [3.63, 3.8) is 0 Å². The average molecular weight is 367 g/mol. The number of hydrogen-bond acceptors (Lipinski definition) is 3. The van der Waals surface area contributed by atoms with Gasteiger partial charge in [0.05, 0.1) is 12.0 Å². The first-order valence-electron chi connectivity index (χ1n) is 8.64. The van der Waals surface area contributed by atoms with Crippen LogP contribution in [0.15, 0.2) is 36.4 Å². The van der Waals surface area contributed by atoms with Gasteiger partial charge in [-0.05, 0) is 54.7 Å². The molecule has 3 rings (SSSR count). The molecule has 26 heavy (non-hydrogen) atoms. The smallest absolute Gasteiger partial charge is 0.391 e. The Labute approximate surface area is 149 Å². The largest absolute Gasteiger partial charge is 0.490 e. The van der Waals surface area contributed by atoms with Gasteiger partial charge in [0.25, 0.3) is 0 Å². The zero-order valence-electron chi connectivity index (χ0n) is 14.3. The molecule has 0 amide bonds. The highest BCUT2D eigenvalue weighted by atomic mass is 19.4. The molecule has 2 aromatic rings. The molecule has 1 saturated carbocycles. The minimum Gasteiger partial charge on any atom is -0.490 e. The normalized spacial score (nSPS) is 22.2. The quantitative estimate of drug-likeness (QED) is 0.516. The number of alkyl halides is 3. The second-order valence-corrected chi connectivity index (χ2v) is 6.86. The maximum atomic E-state index is 12.7. The predicted molar refractivity (Wildman–Crippen MR) is 91.8 cm³/mol. The number of rotatable bonds is 4. The van der Waals surface area contributed by atoms with Crippen molar-refractivity contribution < 1.29 is 22.8 Å². The minimum absolute atomic E-state index is 0.101. The fourth-order valence-electron chi connectivity index (χ4n) is 3.40. The fourth-order valence-corrected chi connectivity index (χ4v) is 3.40. The summed E-state index contributed by atoms with van der Waals surface area (Å²) in [6.45, 7) is 1.54. The molecule has 7 heteroatoms. The van der Waals surface area contributed by atoms with Gasteiger partial charge in [0.2, 0.25) is 6.04 Å². The lowest BCUT2D eigenvalue weighted by Crippen LogP contribution is -2.31. The SMILES string of the molecule is CC(c1ccc2cc(O[C@H]3CC[C@@H](C(F)(F)F)CC3)ccc2c1)[N+](=O)[O-]. The van der Waals surface area contributed by atoms with E-state index in [2.05, 4.69) is 0 Å². The van der Waals surface area contributed by atoms with Crippen LogP contribution in [0, 0.1) is 16.0 Å². The van der Waals surface area contributed by atoms with E-state index in [1.807, 2.05) is 12.1 Å². The molecule has 1 fully saturated rings. The molecule has 140 valence electrons. The molecule has 2 aromatic carbocycles. The summed E-state index contributed by atoms with van der Waals surface area (Å²) in [5, 5.41) is 12.7. The second-order valence-electron chi connectivity index (χ2n) is 6.86. The molecule has 0 bridgehead atoms. The van der Waals surface area contributed by atoms with E-state index in [1.54, 1.807) is 24.3 Å². The third-order valence-electron chi connectivity index (χ3n) is 5.07. The van der Waals surface area contributed by atoms with E-state index in [0.717, 1.165) is 10.8 Å². The van der Waals surface area contributed by atoms with Crippen LogP contribution in [-0.4, -0.2) is 17.2 Å². The molecule has 1 aliphatic rings. The lowest BCUT2D eigenvalue weighted by atomic mass is 9.87. The summed E-state index contributed by atoms with van der Waals surface area (Å²) in [5.74, 6) is -0.607. The molecule has 0 spiro atoms. The number of ether oxygens (including phenoxy) is 1. The van der Waals surface area contributed by atoms with Gasteiger partial charge in [-0.25, -0.2) is 0 Å². The van der Waals surface area contributed by atoms with Crippen molar-refractivity contribution in [1.82, 2.24) is 0 Å². The third-order valence-corrected chi connectivity index (χ3v) is 5.07. The molecule has 0 saturated heterocycles. The molecule has 0 aromatic heterocycles. The van der Waals surface area contributed by atoms with Crippen LogP contribution in [0.25, 0.3) is 10.8 Å². The average Bonchev–Trinajstić information content (AvgIpc) is 2.60. The van der Waals surface area contributed by atoms with Crippen LogP contribution in [0.1, 0.15) is 44.2 Å². The van der Waals surface area contributed by atoms with Crippen LogP contribution >= 0.6 is 0 Å². The Bertz CT molecular complexity index is 798. The van der Waals surface area contributed by atoms with Crippen molar-refractivity contribution in [3.05, 3.63) is 52.1 Å². The molecule has 4 nitrogen and oxygen atoms in total. The molecule has 1 aliphatic carbocycles. The van der Waals surface area contributed by atoms with Gasteiger partial charge in [-0.1, -0.05) is 18.2 Å². The summed E-state index contributed by atoms with van der Waals surface area (Å²) >= 11 is 0. The van der Waals surface area contributed by atoms with Gasteiger partial charge in [-0.2, -0.15) is 13.2 Å². The van der Waals surface area contributed by atoms with Crippen molar-refractivity contribution in [3.8, 4) is 5.75 Å². The topological polar surface area (TPSA) is 52.4 Å². The molecular formula is C19H20F3NO3. The first kappa shape index (κ1) is 18.5. The minimum atomic E-state index is -4.12. The lowest BCUT2D eigenvalue weighted by Gasteiger charge is -2.30. The highest BCUT2D eigenvalue weighted by molar-refractivity contribution is 5.84. The highest BCUT2D eigenvalue weighted by Gasteiger charge is 2.41. The first-order valence-corrected chi connectivity index (χ1v) is 8.64. The van der Waals surface area contributed by atoms with Gasteiger partial charge in [0, 0.05) is 17.4 Å². The molecule has 1 unspecified atom stereocenters. The molecule has 1 atom stereocenters. The monoisotopic (exact) mass is 367 g/mol. The van der Waals surface area contributed by atoms with Crippen molar-refractivity contribution in [2.45, 2.75) is 50.9 Å². The zero-order chi connectivity index (χ0) is 18.9. The first-order chi connectivity index (χ1) is 12.2. The number of nitrogens with zero attached hydrogens (tertiary/aromatic N) is 1. The summed E-state index contributed by atoms with van der Waals surface area (Å²) in [5.41, 5.74) is 0.627. The summed E-state index contributed by atoms with van der Waals surface area (Å²) in [6, 6.07) is 9.93. The van der Waals surface area contributed by atoms with Crippen LogP contribution in [0.2, 0.25) is 0 Å². The number of nitro groups is 1. The van der Waals surface area contributed by atoms with Crippen LogP contribution in [-0.2, 0) is 0 Å². The Morgan fingerprint density at radius 3 is 2.31 bits per heavy atom. The van der Waals surface area contributed by atoms with Crippen molar-refractivity contribution in [2.75, 3.05) is 0 Å². The van der Waals surface area contributed by atoms with E-state index < -0.39 is 18.1 Å². The number of benzene rings is 2. The summed E-state index contributed by atoms with van der Waals surface area (Å²) in [6.07, 6.45) is -3.34. The third kappa shape index (κ3) is 4.08. The van der Waals surface area contributed by atoms with E-state index >= 15 is 0 Å². The number of fused-ring (bicyclic) bond motifs is 1. The summed E-state index contributed by atoms with van der Waals surface area (Å²) in [7, 11) is 0. The highest BCUT2D eigenvalue weighted by Crippen LogP contribution is 2.38. The second kappa shape index (κ2) is 7.13. The predicted octanol–water partition coefficient (Wildman–Crippen LogP) is 5.68. The van der Waals surface area contributed by atoms with Gasteiger partial charge < -0.3 is 4.74 Å². The van der Waals surface area contributed by atoms with E-state index in [0.29, 0.717) is 24.2 Å². The van der Waals surface area contributed by atoms with Gasteiger partial charge in [-0.15, -0.1) is 0 Å². The molecule has 0 aliphatic heterocycles. The van der Waals surface area contributed by atoms with Crippen LogP contribution in [0.3, 0.4) is 0 Å². The van der Waals surface area contributed by atoms with Crippen LogP contribution in [0.4, 0.5) is 13.2 Å². The summed E-state index contributed by atoms with van der Waals surface area (Å²) in [4.78, 5) is 10.6. The van der Waals surface area contributed by atoms with Gasteiger partial charge >= 0.3 is 6.18 Å². The standard InChI is InChI=1S/C19H20F3NO3/c1-12(23(24)25)13-2-3-15-11-18(7-4-14(15)10-13)26-17-8-5-16(6-9-17)19(20,21)22/h2-4,7,10-12,16-17H,5-6,8-9H2,1H3/t12?,16-,17+. The Kier molecular flexibility index (Phi) is 5.07. The fraction of sp³-hybridized carbons (Fsp3) is 0.474. The van der Waals surface area contributed by atoms with Crippen molar-refractivity contribution >= 4 is 10.8 Å². The molecule has 0 radical (unpaired) electrons. The molecular weight excluding hydrogens is 347 g/mol. The summed E-state index contributed by atoms with van der Waals surface area (Å²) < 4.78 is 44.0. The van der Waals surface area contributed by atoms with Gasteiger partial charge in [0.15, 0.2) is 0 Å².